The van der Waals surface area contributed by atoms with E-state index < -0.39 is 11.8 Å². The van der Waals surface area contributed by atoms with Crippen LogP contribution < -0.4 is 5.73 Å². The van der Waals surface area contributed by atoms with E-state index in [-0.39, 0.29) is 18.8 Å². The molecule has 29 heavy (non-hydrogen) atoms. The fourth-order valence-corrected chi connectivity index (χ4v) is 3.87. The van der Waals surface area contributed by atoms with Gasteiger partial charge in [-0.1, -0.05) is 0 Å². The second-order valence-corrected chi connectivity index (χ2v) is 8.44. The van der Waals surface area contributed by atoms with E-state index >= 15 is 0 Å². The highest BCUT2D eigenvalue weighted by Gasteiger charge is 2.28. The van der Waals surface area contributed by atoms with Crippen molar-refractivity contribution in [1.29, 1.82) is 0 Å². The summed E-state index contributed by atoms with van der Waals surface area (Å²) in [4.78, 5) is 22.9. The second kappa shape index (κ2) is 10.7. The monoisotopic (exact) mass is 427 g/mol. The number of nitrogens with two attached hydrogens (primary N) is 1. The van der Waals surface area contributed by atoms with Crippen molar-refractivity contribution >= 4 is 34.7 Å². The number of aliphatic hydroxyl groups is 2. The zero-order valence-electron chi connectivity index (χ0n) is 16.7. The van der Waals surface area contributed by atoms with E-state index in [1.807, 2.05) is 16.3 Å². The highest BCUT2D eigenvalue weighted by atomic mass is 32.2. The van der Waals surface area contributed by atoms with Gasteiger partial charge in [-0.25, -0.2) is 15.0 Å². The average molecular weight is 428 g/mol. The van der Waals surface area contributed by atoms with Crippen molar-refractivity contribution in [2.45, 2.75) is 64.1 Å². The van der Waals surface area contributed by atoms with Gasteiger partial charge in [-0.05, 0) is 45.3 Å². The molecule has 2 atom stereocenters. The molecule has 0 saturated carbocycles. The number of nitrogen functional groups attached to an aromatic ring is 1. The van der Waals surface area contributed by atoms with Gasteiger partial charge in [0.25, 0.3) is 0 Å². The average Bonchev–Trinajstić information content (AvgIpc) is 3.23. The summed E-state index contributed by atoms with van der Waals surface area (Å²) in [6.45, 7) is 2.60. The Kier molecular flexibility index (Phi) is 8.62. The number of hydrogen-bond donors (Lipinski definition) is 4. The van der Waals surface area contributed by atoms with E-state index in [0.717, 1.165) is 37.2 Å². The molecule has 0 amide bonds. The lowest BCUT2D eigenvalue weighted by Gasteiger charge is -2.15. The molecule has 1 saturated heterocycles. The first kappa shape index (κ1) is 23.3. The maximum atomic E-state index is 10.5. The summed E-state index contributed by atoms with van der Waals surface area (Å²) in [5, 5.41) is 24.8. The number of ether oxygens (including phenoxy) is 1. The molecule has 0 spiro atoms. The Bertz CT molecular complexity index is 789. The molecule has 5 N–H and O–H groups in total. The van der Waals surface area contributed by atoms with Crippen LogP contribution in [0.15, 0.2) is 12.7 Å². The fraction of sp³-hybridized carbons (Fsp3) is 0.667. The molecule has 1 aliphatic heterocycles. The van der Waals surface area contributed by atoms with Gasteiger partial charge in [0, 0.05) is 12.2 Å². The van der Waals surface area contributed by atoms with Gasteiger partial charge in [0.15, 0.2) is 17.3 Å². The number of nitrogens with zero attached hydrogens (tertiary/aromatic N) is 4. The van der Waals surface area contributed by atoms with E-state index in [4.69, 9.17) is 25.8 Å². The first-order chi connectivity index (χ1) is 13.6. The summed E-state index contributed by atoms with van der Waals surface area (Å²) in [6.07, 6.45) is 7.11. The van der Waals surface area contributed by atoms with Crippen LogP contribution >= 0.6 is 11.8 Å². The zero-order chi connectivity index (χ0) is 21.4. The molecule has 3 rings (SSSR count). The number of carboxylic acids is 1. The summed E-state index contributed by atoms with van der Waals surface area (Å²) < 4.78 is 8.03. The van der Waals surface area contributed by atoms with Gasteiger partial charge in [0.2, 0.25) is 0 Å². The smallest absolute Gasteiger partial charge is 0.303 e. The van der Waals surface area contributed by atoms with Crippen LogP contribution in [0.5, 0.6) is 0 Å². The number of unbranched alkanes of at least 4 members (excludes halogenated alkanes) is 1. The first-order valence-corrected chi connectivity index (χ1v) is 10.6. The lowest BCUT2D eigenvalue weighted by Crippen LogP contribution is -2.15. The maximum Gasteiger partial charge on any atom is 0.303 e. The lowest BCUT2D eigenvalue weighted by atomic mass is 10.2. The quantitative estimate of drug-likeness (QED) is 0.361. The molecular formula is C18H29N5O5S. The molecule has 0 bridgehead atoms. The van der Waals surface area contributed by atoms with Crippen LogP contribution in [0.1, 0.15) is 52.2 Å². The summed E-state index contributed by atoms with van der Waals surface area (Å²) in [5.74, 6) is 0.0484. The predicted octanol–water partition coefficient (Wildman–Crippen LogP) is 1.78. The molecule has 2 aromatic rings. The Morgan fingerprint density at radius 3 is 2.72 bits per heavy atom. The first-order valence-electron chi connectivity index (χ1n) is 9.48. The number of imidazole rings is 1. The molecule has 0 radical (unpaired) electrons. The molecule has 0 aliphatic carbocycles. The summed E-state index contributed by atoms with van der Waals surface area (Å²) >= 11 is 1.82. The van der Waals surface area contributed by atoms with Crippen molar-refractivity contribution in [2.75, 3.05) is 17.2 Å². The normalized spacial score (nSPS) is 19.2. The number of rotatable bonds is 8. The van der Waals surface area contributed by atoms with Crippen molar-refractivity contribution in [3.8, 4) is 0 Å². The topological polar surface area (TPSA) is 157 Å². The van der Waals surface area contributed by atoms with Gasteiger partial charge in [0.05, 0.1) is 12.4 Å². The molecule has 0 aromatic carbocycles. The fourth-order valence-electron chi connectivity index (χ4n) is 2.79. The van der Waals surface area contributed by atoms with Crippen molar-refractivity contribution in [3.05, 3.63) is 12.7 Å². The minimum atomic E-state index is -1.50. The Hall–Kier alpha value is -1.95. The highest BCUT2D eigenvalue weighted by molar-refractivity contribution is 7.99. The largest absolute Gasteiger partial charge is 0.481 e. The van der Waals surface area contributed by atoms with Gasteiger partial charge in [-0.3, -0.25) is 9.36 Å². The van der Waals surface area contributed by atoms with Gasteiger partial charge < -0.3 is 25.8 Å². The highest BCUT2D eigenvalue weighted by Crippen LogP contribution is 2.32. The molecule has 1 aliphatic rings. The summed E-state index contributed by atoms with van der Waals surface area (Å²) in [7, 11) is 0. The summed E-state index contributed by atoms with van der Waals surface area (Å²) in [5.41, 5.74) is 7.12. The van der Waals surface area contributed by atoms with Crippen molar-refractivity contribution < 1.29 is 24.9 Å². The minimum absolute atomic E-state index is 0.0677. The predicted molar refractivity (Wildman–Crippen MR) is 110 cm³/mol. The van der Waals surface area contributed by atoms with E-state index in [1.54, 1.807) is 6.33 Å². The molecular weight excluding hydrogens is 398 g/mol. The number of thioether (sulfide) groups is 1. The Morgan fingerprint density at radius 2 is 2.03 bits per heavy atom. The Balaban J connectivity index is 0.000000537. The standard InChI is InChI=1S/C15H21N5O3S.C3H8O2/c16-14-13-15(18-8-17-14)20(9-19-13)11-5-4-10(23-11)7-24-6-2-1-3-12(21)22;1-3(2,4)5/h8-11H,1-7H2,(H,21,22)(H2,16,17,18);4-5H,1-2H3. The number of carboxylic acid groups (broad SMARTS) is 1. The van der Waals surface area contributed by atoms with Crippen LogP contribution in [-0.2, 0) is 9.53 Å². The molecule has 162 valence electrons. The number of fused-ring (bicyclic) bond motifs is 1. The van der Waals surface area contributed by atoms with Crippen LogP contribution in [0.25, 0.3) is 11.2 Å². The SMILES string of the molecule is CC(C)(O)O.Nc1ncnc2c1ncn2C1CCC(CSCCCCC(=O)O)O1. The third-order valence-corrected chi connectivity index (χ3v) is 5.20. The lowest BCUT2D eigenvalue weighted by molar-refractivity contribution is -0.137. The Labute approximate surface area is 173 Å². The molecule has 11 heteroatoms. The van der Waals surface area contributed by atoms with E-state index in [0.29, 0.717) is 17.0 Å². The molecule has 3 heterocycles. The molecule has 10 nitrogen and oxygen atoms in total. The number of anilines is 1. The van der Waals surface area contributed by atoms with Gasteiger partial charge in [-0.2, -0.15) is 11.8 Å². The van der Waals surface area contributed by atoms with Crippen LogP contribution in [0.2, 0.25) is 0 Å². The van der Waals surface area contributed by atoms with E-state index in [1.165, 1.54) is 20.2 Å². The number of aromatic nitrogens is 4. The molecule has 2 aromatic heterocycles. The van der Waals surface area contributed by atoms with Crippen molar-refractivity contribution in [1.82, 2.24) is 19.5 Å². The van der Waals surface area contributed by atoms with Crippen LogP contribution in [0.3, 0.4) is 0 Å². The second-order valence-electron chi connectivity index (χ2n) is 7.29. The third-order valence-electron chi connectivity index (χ3n) is 4.02. The van der Waals surface area contributed by atoms with E-state index in [9.17, 15) is 4.79 Å². The number of hydrogen-bond acceptors (Lipinski definition) is 9. The molecule has 1 fully saturated rings. The summed E-state index contributed by atoms with van der Waals surface area (Å²) in [6, 6.07) is 0. The maximum absolute atomic E-state index is 10.5. The number of carbonyl (C=O) groups is 1. The van der Waals surface area contributed by atoms with Crippen LogP contribution in [-0.4, -0.2) is 64.2 Å². The van der Waals surface area contributed by atoms with Crippen LogP contribution in [0, 0.1) is 0 Å². The van der Waals surface area contributed by atoms with Gasteiger partial charge in [-0.15, -0.1) is 0 Å². The zero-order valence-corrected chi connectivity index (χ0v) is 17.5. The Morgan fingerprint density at radius 1 is 1.31 bits per heavy atom. The molecule has 2 unspecified atom stereocenters. The van der Waals surface area contributed by atoms with Crippen LogP contribution in [0.4, 0.5) is 5.82 Å². The third kappa shape index (κ3) is 8.13. The van der Waals surface area contributed by atoms with Gasteiger partial charge in [0.1, 0.15) is 18.1 Å². The van der Waals surface area contributed by atoms with Gasteiger partial charge >= 0.3 is 5.97 Å². The number of aliphatic carboxylic acids is 1. The van der Waals surface area contributed by atoms with E-state index in [2.05, 4.69) is 15.0 Å². The van der Waals surface area contributed by atoms with Crippen molar-refractivity contribution in [2.24, 2.45) is 0 Å². The minimum Gasteiger partial charge on any atom is -0.481 e. The van der Waals surface area contributed by atoms with Crippen molar-refractivity contribution in [3.63, 3.8) is 0 Å².